The smallest absolute Gasteiger partial charge is 0.337 e. The van der Waals surface area contributed by atoms with Gasteiger partial charge in [0.05, 0.1) is 0 Å². The zero-order valence-electron chi connectivity index (χ0n) is 8.76. The predicted molar refractivity (Wildman–Crippen MR) is 66.0 cm³/mol. The lowest BCUT2D eigenvalue weighted by Crippen LogP contribution is -2.15. The van der Waals surface area contributed by atoms with Gasteiger partial charge in [-0.2, -0.15) is 0 Å². The molecule has 1 rings (SSSR count). The van der Waals surface area contributed by atoms with E-state index in [1.54, 1.807) is 6.07 Å². The molecule has 1 atom stereocenters. The van der Waals surface area contributed by atoms with E-state index in [4.69, 9.17) is 16.7 Å². The van der Waals surface area contributed by atoms with Crippen LogP contribution >= 0.6 is 24.2 Å². The van der Waals surface area contributed by atoms with Crippen LogP contribution < -0.4 is 0 Å². The number of alkyl halides is 1. The number of carbonyl (C=O) groups excluding carboxylic acids is 1. The van der Waals surface area contributed by atoms with E-state index in [1.807, 2.05) is 0 Å². The number of ketones is 1. The molecule has 0 aliphatic heterocycles. The van der Waals surface area contributed by atoms with Crippen molar-refractivity contribution >= 4 is 36.0 Å². The highest BCUT2D eigenvalue weighted by molar-refractivity contribution is 7.80. The summed E-state index contributed by atoms with van der Waals surface area (Å²) >= 11 is 9.50. The number of Topliss-reactive ketones (excluding diaryl/α,β-unsaturated/α-hetero) is 1. The first-order chi connectivity index (χ1) is 7.97. The molecule has 4 nitrogen and oxygen atoms in total. The summed E-state index contributed by atoms with van der Waals surface area (Å²) in [5.41, 5.74) is 0.207. The molecular weight excluding hydrogens is 264 g/mol. The molecule has 0 aliphatic rings. The molecule has 1 unspecified atom stereocenters. The maximum Gasteiger partial charge on any atom is 0.337 e. The topological polar surface area (TPSA) is 74.6 Å². The minimum atomic E-state index is -1.74. The van der Waals surface area contributed by atoms with E-state index < -0.39 is 12.1 Å². The maximum absolute atomic E-state index is 11.7. The summed E-state index contributed by atoms with van der Waals surface area (Å²) < 4.78 is 0. The van der Waals surface area contributed by atoms with Crippen molar-refractivity contribution in [2.24, 2.45) is 0 Å². The van der Waals surface area contributed by atoms with Crippen LogP contribution in [-0.4, -0.2) is 27.8 Å². The van der Waals surface area contributed by atoms with Crippen molar-refractivity contribution in [2.45, 2.75) is 17.4 Å². The molecule has 0 bridgehead atoms. The first kappa shape index (κ1) is 14.0. The number of aliphatic hydroxyl groups excluding tert-OH is 1. The van der Waals surface area contributed by atoms with Crippen LogP contribution in [0.25, 0.3) is 0 Å². The van der Waals surface area contributed by atoms with Crippen molar-refractivity contribution in [1.82, 2.24) is 0 Å². The van der Waals surface area contributed by atoms with Gasteiger partial charge in [0.1, 0.15) is 0 Å². The quantitative estimate of drug-likeness (QED) is 0.436. The highest BCUT2D eigenvalue weighted by atomic mass is 35.5. The molecule has 92 valence electrons. The van der Waals surface area contributed by atoms with E-state index in [0.717, 1.165) is 0 Å². The molecule has 6 heteroatoms. The fourth-order valence-electron chi connectivity index (χ4n) is 1.38. The number of carboxylic acid groups (broad SMARTS) is 1. The Labute approximate surface area is 109 Å². The van der Waals surface area contributed by atoms with Crippen LogP contribution in [0.3, 0.4) is 0 Å². The zero-order valence-corrected chi connectivity index (χ0v) is 10.4. The Balaban J connectivity index is 3.21. The zero-order chi connectivity index (χ0) is 13.0. The third kappa shape index (κ3) is 3.46. The van der Waals surface area contributed by atoms with Crippen LogP contribution in [0.2, 0.25) is 0 Å². The number of carbonyl (C=O) groups is 2. The number of hydrogen-bond donors (Lipinski definition) is 3. The molecule has 17 heavy (non-hydrogen) atoms. The number of halogens is 1. The van der Waals surface area contributed by atoms with Crippen molar-refractivity contribution < 1.29 is 19.8 Å². The second-order valence-electron chi connectivity index (χ2n) is 3.37. The average Bonchev–Trinajstić information content (AvgIpc) is 2.28. The highest BCUT2D eigenvalue weighted by Gasteiger charge is 2.22. The molecule has 1 aromatic rings. The van der Waals surface area contributed by atoms with Gasteiger partial charge in [-0.3, -0.25) is 4.79 Å². The monoisotopic (exact) mass is 274 g/mol. The highest BCUT2D eigenvalue weighted by Crippen LogP contribution is 2.23. The van der Waals surface area contributed by atoms with Crippen molar-refractivity contribution in [2.75, 3.05) is 5.88 Å². The van der Waals surface area contributed by atoms with Crippen LogP contribution in [-0.2, 0) is 4.79 Å². The summed E-state index contributed by atoms with van der Waals surface area (Å²) in [6.07, 6.45) is -1.65. The van der Waals surface area contributed by atoms with Gasteiger partial charge >= 0.3 is 5.97 Å². The molecule has 0 aromatic heterocycles. The number of benzene rings is 1. The number of thiol groups is 1. The summed E-state index contributed by atoms with van der Waals surface area (Å²) in [6.45, 7) is 0. The van der Waals surface area contributed by atoms with Crippen LogP contribution in [0.15, 0.2) is 23.1 Å². The SMILES string of the molecule is O=C(CCCl)c1ccc(S)cc1C(O)C(=O)O. The Morgan fingerprint density at radius 3 is 2.59 bits per heavy atom. The van der Waals surface area contributed by atoms with Gasteiger partial charge in [-0.15, -0.1) is 24.2 Å². The van der Waals surface area contributed by atoms with Gasteiger partial charge in [-0.05, 0) is 18.2 Å². The van der Waals surface area contributed by atoms with Gasteiger partial charge in [0.2, 0.25) is 0 Å². The van der Waals surface area contributed by atoms with Crippen molar-refractivity contribution in [1.29, 1.82) is 0 Å². The Bertz CT molecular complexity index is 447. The summed E-state index contributed by atoms with van der Waals surface area (Å²) in [5, 5.41) is 18.3. The molecule has 0 saturated carbocycles. The Hall–Kier alpha value is -1.04. The number of carboxylic acids is 1. The van der Waals surface area contributed by atoms with Crippen molar-refractivity contribution in [3.8, 4) is 0 Å². The van der Waals surface area contributed by atoms with Gasteiger partial charge in [0, 0.05) is 28.3 Å². The molecule has 0 aliphatic carbocycles. The summed E-state index contributed by atoms with van der Waals surface area (Å²) in [5.74, 6) is -1.57. The minimum Gasteiger partial charge on any atom is -0.479 e. The largest absolute Gasteiger partial charge is 0.479 e. The lowest BCUT2D eigenvalue weighted by molar-refractivity contribution is -0.146. The van der Waals surface area contributed by atoms with E-state index in [9.17, 15) is 14.7 Å². The lowest BCUT2D eigenvalue weighted by atomic mass is 9.98. The van der Waals surface area contributed by atoms with Gasteiger partial charge in [0.15, 0.2) is 11.9 Å². The standard InChI is InChI=1S/C11H11ClO4S/c12-4-3-9(13)7-2-1-6(17)5-8(7)10(14)11(15)16/h1-2,5,10,14,17H,3-4H2,(H,15,16). The molecule has 1 aromatic carbocycles. The average molecular weight is 275 g/mol. The van der Waals surface area contributed by atoms with E-state index >= 15 is 0 Å². The second-order valence-corrected chi connectivity index (χ2v) is 4.27. The third-order valence-corrected chi connectivity index (χ3v) is 2.65. The van der Waals surface area contributed by atoms with Gasteiger partial charge in [-0.25, -0.2) is 4.79 Å². The fourth-order valence-corrected chi connectivity index (χ4v) is 1.77. The Morgan fingerprint density at radius 2 is 2.06 bits per heavy atom. The third-order valence-electron chi connectivity index (χ3n) is 2.19. The van der Waals surface area contributed by atoms with Crippen LogP contribution in [0.4, 0.5) is 0 Å². The predicted octanol–water partition coefficient (Wildman–Crippen LogP) is 1.90. The van der Waals surface area contributed by atoms with E-state index in [1.165, 1.54) is 12.1 Å². The number of rotatable bonds is 5. The molecule has 2 N–H and O–H groups in total. The van der Waals surface area contributed by atoms with Gasteiger partial charge in [-0.1, -0.05) is 0 Å². The first-order valence-corrected chi connectivity index (χ1v) is 5.78. The van der Waals surface area contributed by atoms with Crippen LogP contribution in [0.5, 0.6) is 0 Å². The molecule has 0 saturated heterocycles. The second kappa shape index (κ2) is 6.05. The lowest BCUT2D eigenvalue weighted by Gasteiger charge is -2.11. The normalized spacial score (nSPS) is 12.2. The van der Waals surface area contributed by atoms with Crippen LogP contribution in [0, 0.1) is 0 Å². The molecule has 0 amide bonds. The Kier molecular flexibility index (Phi) is 4.99. The molecule has 0 spiro atoms. The van der Waals surface area contributed by atoms with E-state index in [2.05, 4.69) is 12.6 Å². The van der Waals surface area contributed by atoms with Crippen LogP contribution in [0.1, 0.15) is 28.4 Å². The van der Waals surface area contributed by atoms with Crippen molar-refractivity contribution in [3.05, 3.63) is 29.3 Å². The minimum absolute atomic E-state index is 0.0418. The van der Waals surface area contributed by atoms with E-state index in [-0.39, 0.29) is 29.2 Å². The molecule has 0 heterocycles. The number of aliphatic carboxylic acids is 1. The molecule has 0 radical (unpaired) electrons. The first-order valence-electron chi connectivity index (χ1n) is 4.80. The summed E-state index contributed by atoms with van der Waals surface area (Å²) in [7, 11) is 0. The van der Waals surface area contributed by atoms with Gasteiger partial charge in [0.25, 0.3) is 0 Å². The number of aliphatic hydroxyl groups is 1. The molecule has 0 fully saturated rings. The fraction of sp³-hybridized carbons (Fsp3) is 0.273. The summed E-state index contributed by atoms with van der Waals surface area (Å²) in [4.78, 5) is 22.9. The number of hydrogen-bond acceptors (Lipinski definition) is 4. The van der Waals surface area contributed by atoms with Crippen molar-refractivity contribution in [3.63, 3.8) is 0 Å². The maximum atomic E-state index is 11.7. The molecular formula is C11H11ClO4S. The van der Waals surface area contributed by atoms with Gasteiger partial charge < -0.3 is 10.2 Å². The summed E-state index contributed by atoms with van der Waals surface area (Å²) in [6, 6.07) is 4.37. The Morgan fingerprint density at radius 1 is 1.41 bits per heavy atom. The van der Waals surface area contributed by atoms with E-state index in [0.29, 0.717) is 4.90 Å².